The van der Waals surface area contributed by atoms with Crippen LogP contribution in [0.5, 0.6) is 17.2 Å². The van der Waals surface area contributed by atoms with Gasteiger partial charge in [-0.2, -0.15) is 0 Å². The van der Waals surface area contributed by atoms with Crippen LogP contribution in [-0.4, -0.2) is 61.9 Å². The Balaban J connectivity index is 1.69. The summed E-state index contributed by atoms with van der Waals surface area (Å²) in [4.78, 5) is 50.3. The van der Waals surface area contributed by atoms with E-state index in [-0.39, 0.29) is 23.9 Å². The van der Waals surface area contributed by atoms with Crippen molar-refractivity contribution in [1.82, 2.24) is 4.90 Å². The standard InChI is InChI=1S/C24H23ClN2O8S/c1-4-34-22(29)13-35-19-9-14(5-7-18(19)33-3)10-20-23(30)27(24(31)36-20)12-21(28)26-15-6-8-17(32-2)16(25)11-15/h5-11H,4,12-13H2,1-3H3,(H,26,28)/b20-10-. The minimum atomic E-state index is -0.613. The summed E-state index contributed by atoms with van der Waals surface area (Å²) in [5.41, 5.74) is 0.916. The number of esters is 1. The van der Waals surface area contributed by atoms with Crippen molar-refractivity contribution in [3.8, 4) is 17.2 Å². The minimum absolute atomic E-state index is 0.127. The van der Waals surface area contributed by atoms with Gasteiger partial charge in [0.2, 0.25) is 5.91 Å². The second kappa shape index (κ2) is 12.3. The van der Waals surface area contributed by atoms with Crippen LogP contribution in [0.4, 0.5) is 10.5 Å². The Hall–Kier alpha value is -3.70. The Morgan fingerprint density at radius 3 is 2.44 bits per heavy atom. The monoisotopic (exact) mass is 534 g/mol. The van der Waals surface area contributed by atoms with Gasteiger partial charge >= 0.3 is 5.97 Å². The van der Waals surface area contributed by atoms with Crippen molar-refractivity contribution in [2.75, 3.05) is 39.3 Å². The third-order valence-electron chi connectivity index (χ3n) is 4.75. The van der Waals surface area contributed by atoms with Gasteiger partial charge in [-0.05, 0) is 60.7 Å². The molecule has 0 atom stereocenters. The van der Waals surface area contributed by atoms with Crippen LogP contribution < -0.4 is 19.5 Å². The molecular weight excluding hydrogens is 512 g/mol. The lowest BCUT2D eigenvalue weighted by Crippen LogP contribution is -2.36. The van der Waals surface area contributed by atoms with E-state index in [9.17, 15) is 19.2 Å². The van der Waals surface area contributed by atoms with Crippen LogP contribution in [0, 0.1) is 0 Å². The Morgan fingerprint density at radius 2 is 1.78 bits per heavy atom. The number of nitrogens with zero attached hydrogens (tertiary/aromatic N) is 1. The molecular formula is C24H23ClN2O8S. The van der Waals surface area contributed by atoms with E-state index in [4.69, 9.17) is 30.5 Å². The predicted octanol–water partition coefficient (Wildman–Crippen LogP) is 3.97. The molecule has 0 unspecified atom stereocenters. The average molecular weight is 535 g/mol. The third kappa shape index (κ3) is 6.70. The summed E-state index contributed by atoms with van der Waals surface area (Å²) in [7, 11) is 2.92. The number of imide groups is 1. The van der Waals surface area contributed by atoms with Gasteiger partial charge in [-0.25, -0.2) is 4.79 Å². The number of rotatable bonds is 10. The number of amides is 3. The zero-order chi connectivity index (χ0) is 26.2. The van der Waals surface area contributed by atoms with Crippen LogP contribution in [0.1, 0.15) is 12.5 Å². The zero-order valence-corrected chi connectivity index (χ0v) is 21.2. The van der Waals surface area contributed by atoms with Gasteiger partial charge in [-0.3, -0.25) is 19.3 Å². The lowest BCUT2D eigenvalue weighted by Gasteiger charge is -2.13. The summed E-state index contributed by atoms with van der Waals surface area (Å²) in [6, 6.07) is 9.49. The van der Waals surface area contributed by atoms with Crippen molar-refractivity contribution < 1.29 is 38.1 Å². The molecule has 0 bridgehead atoms. The van der Waals surface area contributed by atoms with E-state index in [0.29, 0.717) is 39.5 Å². The number of benzene rings is 2. The fourth-order valence-electron chi connectivity index (χ4n) is 3.11. The van der Waals surface area contributed by atoms with Gasteiger partial charge in [0, 0.05) is 5.69 Å². The molecule has 1 heterocycles. The molecule has 3 rings (SSSR count). The first-order chi connectivity index (χ1) is 17.2. The number of hydrogen-bond acceptors (Lipinski definition) is 9. The summed E-state index contributed by atoms with van der Waals surface area (Å²) in [5, 5.41) is 2.32. The largest absolute Gasteiger partial charge is 0.495 e. The zero-order valence-electron chi connectivity index (χ0n) is 19.7. The molecule has 1 saturated heterocycles. The van der Waals surface area contributed by atoms with Crippen LogP contribution in [0.3, 0.4) is 0 Å². The summed E-state index contributed by atoms with van der Waals surface area (Å²) >= 11 is 6.77. The van der Waals surface area contributed by atoms with Crippen LogP contribution in [-0.2, 0) is 19.1 Å². The molecule has 12 heteroatoms. The molecule has 3 amide bonds. The number of nitrogens with one attached hydrogen (secondary N) is 1. The topological polar surface area (TPSA) is 120 Å². The molecule has 2 aromatic carbocycles. The number of anilines is 1. The molecule has 1 N–H and O–H groups in total. The third-order valence-corrected chi connectivity index (χ3v) is 5.95. The molecule has 0 radical (unpaired) electrons. The fourth-order valence-corrected chi connectivity index (χ4v) is 4.21. The lowest BCUT2D eigenvalue weighted by atomic mass is 10.2. The summed E-state index contributed by atoms with van der Waals surface area (Å²) in [6.07, 6.45) is 1.49. The van der Waals surface area contributed by atoms with E-state index in [0.717, 1.165) is 4.90 Å². The van der Waals surface area contributed by atoms with Crippen molar-refractivity contribution in [1.29, 1.82) is 0 Å². The highest BCUT2D eigenvalue weighted by molar-refractivity contribution is 8.18. The van der Waals surface area contributed by atoms with Crippen LogP contribution in [0.25, 0.3) is 6.08 Å². The number of halogens is 1. The van der Waals surface area contributed by atoms with Gasteiger partial charge in [0.1, 0.15) is 12.3 Å². The smallest absolute Gasteiger partial charge is 0.344 e. The summed E-state index contributed by atoms with van der Waals surface area (Å²) < 4.78 is 20.6. The average Bonchev–Trinajstić information content (AvgIpc) is 3.10. The van der Waals surface area contributed by atoms with Crippen molar-refractivity contribution in [2.24, 2.45) is 0 Å². The molecule has 1 aliphatic heterocycles. The predicted molar refractivity (Wildman–Crippen MR) is 134 cm³/mol. The SMILES string of the molecule is CCOC(=O)COc1cc(/C=C2\SC(=O)N(CC(=O)Nc3ccc(OC)c(Cl)c3)C2=O)ccc1OC. The molecule has 10 nitrogen and oxygen atoms in total. The second-order valence-corrected chi connectivity index (χ2v) is 8.57. The molecule has 0 saturated carbocycles. The van der Waals surface area contributed by atoms with Gasteiger partial charge in [-0.1, -0.05) is 17.7 Å². The van der Waals surface area contributed by atoms with E-state index >= 15 is 0 Å². The van der Waals surface area contributed by atoms with Gasteiger partial charge in [0.05, 0.1) is 30.8 Å². The molecule has 0 spiro atoms. The van der Waals surface area contributed by atoms with Crippen molar-refractivity contribution in [3.63, 3.8) is 0 Å². The maximum Gasteiger partial charge on any atom is 0.344 e. The van der Waals surface area contributed by atoms with Crippen LogP contribution in [0.2, 0.25) is 5.02 Å². The molecule has 1 aliphatic rings. The first-order valence-electron chi connectivity index (χ1n) is 10.6. The summed E-state index contributed by atoms with van der Waals surface area (Å²) in [5.74, 6) is -0.646. The quantitative estimate of drug-likeness (QED) is 0.356. The lowest BCUT2D eigenvalue weighted by molar-refractivity contribution is -0.145. The maximum absolute atomic E-state index is 12.8. The first kappa shape index (κ1) is 26.9. The number of thioether (sulfide) groups is 1. The highest BCUT2D eigenvalue weighted by Crippen LogP contribution is 2.34. The van der Waals surface area contributed by atoms with Gasteiger partial charge in [0.25, 0.3) is 11.1 Å². The molecule has 0 aliphatic carbocycles. The Morgan fingerprint density at radius 1 is 1.06 bits per heavy atom. The maximum atomic E-state index is 12.8. The second-order valence-electron chi connectivity index (χ2n) is 7.17. The Kier molecular flexibility index (Phi) is 9.20. The molecule has 190 valence electrons. The van der Waals surface area contributed by atoms with Gasteiger partial charge in [0.15, 0.2) is 18.1 Å². The normalized spacial score (nSPS) is 14.1. The van der Waals surface area contributed by atoms with E-state index < -0.39 is 29.6 Å². The number of ether oxygens (including phenoxy) is 4. The van der Waals surface area contributed by atoms with E-state index in [2.05, 4.69) is 5.32 Å². The molecule has 1 fully saturated rings. The van der Waals surface area contributed by atoms with E-state index in [1.165, 1.54) is 26.4 Å². The van der Waals surface area contributed by atoms with E-state index in [1.54, 1.807) is 37.3 Å². The van der Waals surface area contributed by atoms with Gasteiger partial charge < -0.3 is 24.3 Å². The molecule has 36 heavy (non-hydrogen) atoms. The van der Waals surface area contributed by atoms with Crippen molar-refractivity contribution in [3.05, 3.63) is 51.9 Å². The highest BCUT2D eigenvalue weighted by atomic mass is 35.5. The van der Waals surface area contributed by atoms with Gasteiger partial charge in [-0.15, -0.1) is 0 Å². The molecule has 2 aromatic rings. The van der Waals surface area contributed by atoms with Crippen molar-refractivity contribution >= 4 is 58.1 Å². The Bertz CT molecular complexity index is 1220. The number of hydrogen-bond donors (Lipinski definition) is 1. The summed E-state index contributed by atoms with van der Waals surface area (Å²) in [6.45, 7) is 1.12. The van der Waals surface area contributed by atoms with Crippen molar-refractivity contribution in [2.45, 2.75) is 6.92 Å². The fraction of sp³-hybridized carbons (Fsp3) is 0.250. The highest BCUT2D eigenvalue weighted by Gasteiger charge is 2.36. The van der Waals surface area contributed by atoms with Crippen LogP contribution >= 0.6 is 23.4 Å². The van der Waals surface area contributed by atoms with Crippen LogP contribution in [0.15, 0.2) is 41.3 Å². The minimum Gasteiger partial charge on any atom is -0.495 e. The van der Waals surface area contributed by atoms with E-state index in [1.807, 2.05) is 0 Å². The number of carbonyl (C=O) groups excluding carboxylic acids is 4. The first-order valence-corrected chi connectivity index (χ1v) is 11.8. The number of methoxy groups -OCH3 is 2. The Labute approximate surface area is 216 Å². The molecule has 0 aromatic heterocycles. The number of carbonyl (C=O) groups is 4.